The van der Waals surface area contributed by atoms with Crippen LogP contribution >= 0.6 is 12.4 Å². The van der Waals surface area contributed by atoms with Gasteiger partial charge in [0.2, 0.25) is 0 Å². The van der Waals surface area contributed by atoms with Gasteiger partial charge >= 0.3 is 5.97 Å². The second-order valence-electron chi connectivity index (χ2n) is 6.54. The summed E-state index contributed by atoms with van der Waals surface area (Å²) in [5.41, 5.74) is 7.25. The summed E-state index contributed by atoms with van der Waals surface area (Å²) in [5, 5.41) is 7.51. The van der Waals surface area contributed by atoms with Crippen molar-refractivity contribution in [1.29, 1.82) is 0 Å². The van der Waals surface area contributed by atoms with Crippen molar-refractivity contribution >= 4 is 35.3 Å². The van der Waals surface area contributed by atoms with E-state index in [1.807, 2.05) is 0 Å². The minimum Gasteiger partial charge on any atom is -0.461 e. The molecule has 1 aliphatic carbocycles. The van der Waals surface area contributed by atoms with E-state index in [4.69, 9.17) is 10.5 Å². The fraction of sp³-hybridized carbons (Fsp3) is 0.529. The number of esters is 1. The highest BCUT2D eigenvalue weighted by Crippen LogP contribution is 2.26. The zero-order valence-electron chi connectivity index (χ0n) is 14.8. The van der Waals surface area contributed by atoms with E-state index in [0.29, 0.717) is 16.6 Å². The van der Waals surface area contributed by atoms with Gasteiger partial charge in [-0.1, -0.05) is 0 Å². The van der Waals surface area contributed by atoms with E-state index in [1.54, 1.807) is 37.1 Å². The first-order valence-electron chi connectivity index (χ1n) is 8.41. The summed E-state index contributed by atoms with van der Waals surface area (Å²) in [4.78, 5) is 26.0. The Kier molecular flexibility index (Phi) is 6.55. The summed E-state index contributed by atoms with van der Waals surface area (Å²) in [7, 11) is 1.80. The Hall–Kier alpha value is -2.19. The predicted octanol–water partition coefficient (Wildman–Crippen LogP) is 1.92. The SMILES string of the molecule is C[C@H](N)C(=O)O[C@H]1CC[C@H](N(C)C(=O)c2ccc3nonc3c2)CC1.Cl. The number of ether oxygens (including phenoxy) is 1. The van der Waals surface area contributed by atoms with E-state index in [9.17, 15) is 9.59 Å². The molecule has 1 atom stereocenters. The molecule has 0 spiro atoms. The van der Waals surface area contributed by atoms with E-state index >= 15 is 0 Å². The summed E-state index contributed by atoms with van der Waals surface area (Å²) in [5.74, 6) is -0.441. The van der Waals surface area contributed by atoms with Crippen LogP contribution in [-0.4, -0.2) is 52.3 Å². The van der Waals surface area contributed by atoms with Gasteiger partial charge in [0.1, 0.15) is 23.2 Å². The molecule has 0 bridgehead atoms. The maximum atomic E-state index is 12.7. The minimum atomic E-state index is -0.608. The number of amides is 1. The second-order valence-corrected chi connectivity index (χ2v) is 6.54. The van der Waals surface area contributed by atoms with Crippen LogP contribution in [0.2, 0.25) is 0 Å². The van der Waals surface area contributed by atoms with E-state index in [0.717, 1.165) is 25.7 Å². The monoisotopic (exact) mass is 382 g/mol. The van der Waals surface area contributed by atoms with E-state index in [1.165, 1.54) is 0 Å². The molecule has 9 heteroatoms. The Morgan fingerprint density at radius 1 is 1.23 bits per heavy atom. The molecule has 0 aliphatic heterocycles. The van der Waals surface area contributed by atoms with Gasteiger partial charge in [0, 0.05) is 18.7 Å². The highest BCUT2D eigenvalue weighted by atomic mass is 35.5. The number of halogens is 1. The molecule has 1 aromatic carbocycles. The van der Waals surface area contributed by atoms with Gasteiger partial charge in [0.05, 0.1) is 0 Å². The first kappa shape index (κ1) is 20.1. The van der Waals surface area contributed by atoms with Gasteiger partial charge in [-0.05, 0) is 61.1 Å². The van der Waals surface area contributed by atoms with Crippen molar-refractivity contribution in [1.82, 2.24) is 15.2 Å². The Morgan fingerprint density at radius 2 is 1.88 bits per heavy atom. The number of aromatic nitrogens is 2. The van der Waals surface area contributed by atoms with E-state index in [-0.39, 0.29) is 36.4 Å². The lowest BCUT2D eigenvalue weighted by molar-refractivity contribution is -0.152. The zero-order valence-corrected chi connectivity index (χ0v) is 15.6. The van der Waals surface area contributed by atoms with Crippen LogP contribution in [0, 0.1) is 0 Å². The van der Waals surface area contributed by atoms with Gasteiger partial charge in [0.25, 0.3) is 5.91 Å². The molecule has 1 heterocycles. The van der Waals surface area contributed by atoms with Crippen LogP contribution in [0.15, 0.2) is 22.8 Å². The van der Waals surface area contributed by atoms with Crippen molar-refractivity contribution in [3.05, 3.63) is 23.8 Å². The molecule has 2 aromatic rings. The molecule has 0 radical (unpaired) electrons. The molecular formula is C17H23ClN4O4. The molecule has 1 aliphatic rings. The third-order valence-corrected chi connectivity index (χ3v) is 4.67. The fourth-order valence-corrected chi connectivity index (χ4v) is 3.11. The molecule has 1 amide bonds. The molecule has 8 nitrogen and oxygen atoms in total. The molecule has 1 saturated carbocycles. The molecule has 1 fully saturated rings. The van der Waals surface area contributed by atoms with Gasteiger partial charge < -0.3 is 15.4 Å². The molecule has 0 saturated heterocycles. The van der Waals surface area contributed by atoms with Crippen molar-refractivity contribution in [2.45, 2.75) is 50.8 Å². The molecule has 142 valence electrons. The highest BCUT2D eigenvalue weighted by Gasteiger charge is 2.29. The summed E-state index contributed by atoms with van der Waals surface area (Å²) in [6.45, 7) is 1.61. The summed E-state index contributed by atoms with van der Waals surface area (Å²) >= 11 is 0. The average molecular weight is 383 g/mol. The predicted molar refractivity (Wildman–Crippen MR) is 96.9 cm³/mol. The third kappa shape index (κ3) is 4.31. The molecule has 1 aromatic heterocycles. The first-order valence-corrected chi connectivity index (χ1v) is 8.41. The maximum Gasteiger partial charge on any atom is 0.322 e. The van der Waals surface area contributed by atoms with Gasteiger partial charge in [-0.2, -0.15) is 0 Å². The van der Waals surface area contributed by atoms with Crippen molar-refractivity contribution in [2.24, 2.45) is 5.73 Å². The molecule has 2 N–H and O–H groups in total. The number of carbonyl (C=O) groups excluding carboxylic acids is 2. The quantitative estimate of drug-likeness (QED) is 0.804. The van der Waals surface area contributed by atoms with Crippen LogP contribution in [0.5, 0.6) is 0 Å². The van der Waals surface area contributed by atoms with Crippen LogP contribution in [-0.2, 0) is 9.53 Å². The van der Waals surface area contributed by atoms with Gasteiger partial charge in [-0.3, -0.25) is 9.59 Å². The smallest absolute Gasteiger partial charge is 0.322 e. The summed E-state index contributed by atoms with van der Waals surface area (Å²) in [6.07, 6.45) is 2.91. The number of benzene rings is 1. The number of rotatable bonds is 4. The molecular weight excluding hydrogens is 360 g/mol. The number of nitrogens with zero attached hydrogens (tertiary/aromatic N) is 3. The van der Waals surface area contributed by atoms with Crippen LogP contribution < -0.4 is 5.73 Å². The summed E-state index contributed by atoms with van der Waals surface area (Å²) < 4.78 is 10.0. The van der Waals surface area contributed by atoms with E-state index in [2.05, 4.69) is 14.9 Å². The third-order valence-electron chi connectivity index (χ3n) is 4.67. The largest absolute Gasteiger partial charge is 0.461 e. The van der Waals surface area contributed by atoms with Crippen molar-refractivity contribution < 1.29 is 19.0 Å². The lowest BCUT2D eigenvalue weighted by Gasteiger charge is -2.34. The Balaban J connectivity index is 0.00000243. The van der Waals surface area contributed by atoms with Crippen molar-refractivity contribution in [2.75, 3.05) is 7.05 Å². The first-order chi connectivity index (χ1) is 12.0. The Labute approximate surface area is 157 Å². The Bertz CT molecular complexity index is 771. The number of hydrogen-bond donors (Lipinski definition) is 1. The number of carbonyl (C=O) groups is 2. The van der Waals surface area contributed by atoms with Crippen LogP contribution in [0.25, 0.3) is 11.0 Å². The zero-order chi connectivity index (χ0) is 18.0. The average Bonchev–Trinajstić information content (AvgIpc) is 3.08. The van der Waals surface area contributed by atoms with Gasteiger partial charge in [0.15, 0.2) is 0 Å². The number of nitrogens with two attached hydrogens (primary N) is 1. The lowest BCUT2D eigenvalue weighted by Crippen LogP contribution is -2.42. The molecule has 26 heavy (non-hydrogen) atoms. The maximum absolute atomic E-state index is 12.7. The highest BCUT2D eigenvalue weighted by molar-refractivity contribution is 5.97. The van der Waals surface area contributed by atoms with Crippen LogP contribution in [0.4, 0.5) is 0 Å². The Morgan fingerprint density at radius 3 is 2.54 bits per heavy atom. The van der Waals surface area contributed by atoms with Gasteiger partial charge in [-0.25, -0.2) is 4.63 Å². The molecule has 0 unspecified atom stereocenters. The van der Waals surface area contributed by atoms with Crippen LogP contribution in [0.3, 0.4) is 0 Å². The number of hydrogen-bond acceptors (Lipinski definition) is 7. The normalized spacial score (nSPS) is 20.9. The van der Waals surface area contributed by atoms with E-state index < -0.39 is 6.04 Å². The lowest BCUT2D eigenvalue weighted by atomic mass is 9.91. The van der Waals surface area contributed by atoms with Crippen molar-refractivity contribution in [3.8, 4) is 0 Å². The van der Waals surface area contributed by atoms with Gasteiger partial charge in [-0.15, -0.1) is 12.4 Å². The minimum absolute atomic E-state index is 0. The molecule has 3 rings (SSSR count). The number of fused-ring (bicyclic) bond motifs is 1. The topological polar surface area (TPSA) is 112 Å². The standard InChI is InChI=1S/C17H22N4O4.ClH/c1-10(18)17(23)24-13-6-4-12(5-7-13)21(2)16(22)11-3-8-14-15(9-11)20-25-19-14;/h3,8-10,12-13H,4-7,18H2,1-2H3;1H/t10-,12-,13-;/m0./s1. The van der Waals surface area contributed by atoms with Crippen molar-refractivity contribution in [3.63, 3.8) is 0 Å². The fourth-order valence-electron chi connectivity index (χ4n) is 3.11. The van der Waals surface area contributed by atoms with Crippen LogP contribution in [0.1, 0.15) is 43.0 Å². The summed E-state index contributed by atoms with van der Waals surface area (Å²) in [6, 6.07) is 4.63. The second kappa shape index (κ2) is 8.46.